The van der Waals surface area contributed by atoms with Gasteiger partial charge in [0.1, 0.15) is 11.0 Å². The van der Waals surface area contributed by atoms with Crippen molar-refractivity contribution in [2.75, 3.05) is 0 Å². The molecule has 0 N–H and O–H groups in total. The Balaban J connectivity index is 1.36. The molecule has 0 fully saturated rings. The number of nitrogens with zero attached hydrogens (tertiary/aromatic N) is 2. The molecule has 2 nitrogen and oxygen atoms in total. The minimum atomic E-state index is -4.92. The maximum atomic E-state index is 14.0. The molecule has 7 rings (SSSR count). The van der Waals surface area contributed by atoms with Crippen LogP contribution >= 0.6 is 23.1 Å². The maximum absolute atomic E-state index is 14.0. The van der Waals surface area contributed by atoms with E-state index < -0.39 is 28.9 Å². The number of rotatable bonds is 13. The van der Waals surface area contributed by atoms with Gasteiger partial charge in [0.15, 0.2) is 0 Å². The lowest BCUT2D eigenvalue weighted by molar-refractivity contribution is -0.143. The Morgan fingerprint density at radius 2 is 1.07 bits per heavy atom. The molecule has 0 atom stereocenters. The molecule has 0 aliphatic heterocycles. The second-order valence-corrected chi connectivity index (χ2v) is 16.2. The average Bonchev–Trinajstić information content (AvgIpc) is 3.90. The molecule has 10 heteroatoms. The summed E-state index contributed by atoms with van der Waals surface area (Å²) in [6, 6.07) is 22.4. The molecule has 0 radical (unpaired) electrons. The minimum Gasteiger partial charge on any atom is -0.173 e. The molecule has 0 unspecified atom stereocenters. The number of alkyl halides is 6. The molecule has 0 saturated heterocycles. The fourth-order valence-electron chi connectivity index (χ4n) is 8.15. The molecule has 0 amide bonds. The Labute approximate surface area is 320 Å². The van der Waals surface area contributed by atoms with E-state index in [2.05, 4.69) is 65.1 Å². The molecule has 54 heavy (non-hydrogen) atoms. The lowest BCUT2D eigenvalue weighted by Crippen LogP contribution is -2.25. The van der Waals surface area contributed by atoms with Crippen LogP contribution in [0.25, 0.3) is 54.2 Å². The Morgan fingerprint density at radius 3 is 1.67 bits per heavy atom. The second-order valence-electron chi connectivity index (χ2n) is 14.6. The highest BCUT2D eigenvalue weighted by atomic mass is 32.1. The molecule has 282 valence electrons. The van der Waals surface area contributed by atoms with Crippen LogP contribution < -0.4 is 0 Å². The van der Waals surface area contributed by atoms with Crippen LogP contribution in [0.4, 0.5) is 26.3 Å². The van der Waals surface area contributed by atoms with E-state index in [1.54, 1.807) is 17.4 Å². The quantitative estimate of drug-likeness (QED) is 0.0862. The van der Waals surface area contributed by atoms with Gasteiger partial charge in [0.25, 0.3) is 0 Å². The first kappa shape index (κ1) is 38.3. The number of benzene rings is 4. The topological polar surface area (TPSA) is 25.8 Å². The number of hydrogen-bond acceptors (Lipinski definition) is 4. The largest absolute Gasteiger partial charge is 0.416 e. The highest BCUT2D eigenvalue weighted by molar-refractivity contribution is 7.19. The number of thiophene rings is 1. The molecule has 0 spiro atoms. The van der Waals surface area contributed by atoms with Crippen molar-refractivity contribution in [3.8, 4) is 43.1 Å². The van der Waals surface area contributed by atoms with Crippen LogP contribution in [0.3, 0.4) is 0 Å². The van der Waals surface area contributed by atoms with E-state index >= 15 is 0 Å². The summed E-state index contributed by atoms with van der Waals surface area (Å²) in [5.74, 6) is 0. The SMILES string of the molecule is CCCCCCC1(CCCCCC)c2cc(-c3cc(C(F)(F)F)cc(C(F)(F)F)c3)ccc2-c2ccc(-c3ccc(-c4ccc(C)c5nsnc45)s3)cc21. The third kappa shape index (κ3) is 7.36. The summed E-state index contributed by atoms with van der Waals surface area (Å²) in [6.07, 6.45) is 0.194. The van der Waals surface area contributed by atoms with Crippen molar-refractivity contribution in [1.82, 2.24) is 8.75 Å². The molecule has 0 saturated carbocycles. The summed E-state index contributed by atoms with van der Waals surface area (Å²) in [7, 11) is 0. The van der Waals surface area contributed by atoms with E-state index in [0.717, 1.165) is 131 Å². The highest BCUT2D eigenvalue weighted by Crippen LogP contribution is 2.56. The van der Waals surface area contributed by atoms with E-state index in [-0.39, 0.29) is 11.6 Å². The third-order valence-electron chi connectivity index (χ3n) is 11.0. The Morgan fingerprint density at radius 1 is 0.537 bits per heavy atom. The van der Waals surface area contributed by atoms with Crippen molar-refractivity contribution in [3.05, 3.63) is 107 Å². The predicted molar refractivity (Wildman–Crippen MR) is 210 cm³/mol. The number of unbranched alkanes of at least 4 members (excludes halogenated alkanes) is 6. The van der Waals surface area contributed by atoms with Gasteiger partial charge < -0.3 is 0 Å². The fourth-order valence-corrected chi connectivity index (χ4v) is 9.80. The van der Waals surface area contributed by atoms with Gasteiger partial charge in [-0.2, -0.15) is 35.1 Å². The fraction of sp³-hybridized carbons (Fsp3) is 0.364. The average molecular weight is 777 g/mol. The van der Waals surface area contributed by atoms with Gasteiger partial charge in [-0.15, -0.1) is 11.3 Å². The zero-order valence-corrected chi connectivity index (χ0v) is 32.2. The molecular formula is C44H42F6N2S2. The van der Waals surface area contributed by atoms with Crippen LogP contribution in [-0.2, 0) is 17.8 Å². The van der Waals surface area contributed by atoms with Gasteiger partial charge in [-0.05, 0) is 107 Å². The molecule has 6 aromatic rings. The van der Waals surface area contributed by atoms with Gasteiger partial charge in [-0.1, -0.05) is 102 Å². The Kier molecular flexibility index (Phi) is 10.8. The summed E-state index contributed by atoms with van der Waals surface area (Å²) in [6.45, 7) is 6.38. The van der Waals surface area contributed by atoms with Crippen molar-refractivity contribution < 1.29 is 26.3 Å². The smallest absolute Gasteiger partial charge is 0.173 e. The minimum absolute atomic E-state index is 0.0888. The first-order chi connectivity index (χ1) is 25.8. The molecule has 1 aliphatic carbocycles. The van der Waals surface area contributed by atoms with Crippen molar-refractivity contribution in [2.45, 2.75) is 103 Å². The maximum Gasteiger partial charge on any atom is 0.416 e. The van der Waals surface area contributed by atoms with Crippen LogP contribution in [0.15, 0.2) is 78.9 Å². The zero-order valence-electron chi connectivity index (χ0n) is 30.6. The summed E-state index contributed by atoms with van der Waals surface area (Å²) in [4.78, 5) is 2.21. The van der Waals surface area contributed by atoms with Crippen molar-refractivity contribution in [2.24, 2.45) is 0 Å². The molecule has 0 bridgehead atoms. The van der Waals surface area contributed by atoms with Crippen LogP contribution in [0.2, 0.25) is 0 Å². The summed E-state index contributed by atoms with van der Waals surface area (Å²) in [5.41, 5.74) is 6.51. The molecule has 1 aliphatic rings. The van der Waals surface area contributed by atoms with E-state index in [9.17, 15) is 26.3 Å². The third-order valence-corrected chi connectivity index (χ3v) is 12.7. The van der Waals surface area contributed by atoms with Gasteiger partial charge in [0, 0.05) is 20.7 Å². The molecule has 2 aromatic heterocycles. The van der Waals surface area contributed by atoms with Crippen LogP contribution in [0.1, 0.15) is 106 Å². The van der Waals surface area contributed by atoms with Crippen molar-refractivity contribution >= 4 is 34.1 Å². The Bertz CT molecular complexity index is 2240. The lowest BCUT2D eigenvalue weighted by atomic mass is 9.70. The number of halogens is 6. The van der Waals surface area contributed by atoms with Gasteiger partial charge >= 0.3 is 12.4 Å². The van der Waals surface area contributed by atoms with Crippen LogP contribution in [-0.4, -0.2) is 8.75 Å². The van der Waals surface area contributed by atoms with Crippen LogP contribution in [0.5, 0.6) is 0 Å². The lowest BCUT2D eigenvalue weighted by Gasteiger charge is -2.33. The standard InChI is InChI=1S/C44H42F6N2S2/c1-4-6-8-10-20-42(21-11-9-7-5-2)36-24-28(30-22-31(43(45,46)47)26-32(23-30)44(48,49)50)13-16-33(36)34-17-14-29(25-37(34)42)38-18-19-39(53-38)35-15-12-27(3)40-41(35)52-54-51-40/h12-19,22-26H,4-11,20-21H2,1-3H3. The summed E-state index contributed by atoms with van der Waals surface area (Å²) in [5, 5.41) is 0. The van der Waals surface area contributed by atoms with E-state index in [1.807, 2.05) is 19.1 Å². The monoisotopic (exact) mass is 776 g/mol. The summed E-state index contributed by atoms with van der Waals surface area (Å²) >= 11 is 2.91. The van der Waals surface area contributed by atoms with E-state index in [0.29, 0.717) is 5.56 Å². The van der Waals surface area contributed by atoms with Gasteiger partial charge in [0.05, 0.1) is 22.9 Å². The Hall–Kier alpha value is -4.02. The van der Waals surface area contributed by atoms with E-state index in [4.69, 9.17) is 0 Å². The van der Waals surface area contributed by atoms with E-state index in [1.165, 1.54) is 17.3 Å². The van der Waals surface area contributed by atoms with Crippen LogP contribution in [0, 0.1) is 6.92 Å². The molecular weight excluding hydrogens is 735 g/mol. The number of aryl methyl sites for hydroxylation is 1. The highest BCUT2D eigenvalue weighted by Gasteiger charge is 2.43. The van der Waals surface area contributed by atoms with Gasteiger partial charge in [0.2, 0.25) is 0 Å². The molecule has 2 heterocycles. The molecule has 4 aromatic carbocycles. The first-order valence-electron chi connectivity index (χ1n) is 18.8. The number of fused-ring (bicyclic) bond motifs is 4. The first-order valence-corrected chi connectivity index (χ1v) is 20.3. The van der Waals surface area contributed by atoms with Crippen molar-refractivity contribution in [3.63, 3.8) is 0 Å². The van der Waals surface area contributed by atoms with Gasteiger partial charge in [-0.3, -0.25) is 0 Å². The normalized spacial score (nSPS) is 13.8. The number of hydrogen-bond donors (Lipinski definition) is 0. The summed E-state index contributed by atoms with van der Waals surface area (Å²) < 4.78 is 92.8. The van der Waals surface area contributed by atoms with Gasteiger partial charge in [-0.25, -0.2) is 0 Å². The predicted octanol–water partition coefficient (Wildman–Crippen LogP) is 15.3. The second kappa shape index (κ2) is 15.3. The van der Waals surface area contributed by atoms with Crippen molar-refractivity contribution in [1.29, 1.82) is 0 Å². The zero-order chi connectivity index (χ0) is 38.3. The number of aromatic nitrogens is 2.